The van der Waals surface area contributed by atoms with E-state index in [4.69, 9.17) is 10.5 Å². The van der Waals surface area contributed by atoms with Gasteiger partial charge in [-0.15, -0.1) is 0 Å². The van der Waals surface area contributed by atoms with Gasteiger partial charge in [-0.05, 0) is 24.1 Å². The molecule has 3 nitrogen and oxygen atoms in total. The lowest BCUT2D eigenvalue weighted by atomic mass is 10.2. The third-order valence-electron chi connectivity index (χ3n) is 2.05. The molecule has 1 rings (SSSR count). The quantitative estimate of drug-likeness (QED) is 0.782. The summed E-state index contributed by atoms with van der Waals surface area (Å²) in [6, 6.07) is 5.54. The molecule has 4 heteroatoms. The second-order valence-electron chi connectivity index (χ2n) is 3.36. The zero-order valence-electron chi connectivity index (χ0n) is 9.16. The van der Waals surface area contributed by atoms with E-state index in [0.29, 0.717) is 17.2 Å². The van der Waals surface area contributed by atoms with Crippen LogP contribution in [0.1, 0.15) is 18.9 Å². The van der Waals surface area contributed by atoms with Gasteiger partial charge >= 0.3 is 0 Å². The van der Waals surface area contributed by atoms with Crippen LogP contribution < -0.4 is 10.5 Å². The van der Waals surface area contributed by atoms with Crippen molar-refractivity contribution in [1.82, 2.24) is 0 Å². The molecule has 0 aliphatic heterocycles. The summed E-state index contributed by atoms with van der Waals surface area (Å²) < 4.78 is 16.6. The average molecular weight is 227 g/mol. The fourth-order valence-corrected chi connectivity index (χ4v) is 2.51. The highest BCUT2D eigenvalue weighted by atomic mass is 32.2. The number of ether oxygens (including phenoxy) is 1. The number of hydrogen-bond donors (Lipinski definition) is 1. The van der Waals surface area contributed by atoms with Gasteiger partial charge in [0.2, 0.25) is 0 Å². The Morgan fingerprint density at radius 3 is 2.73 bits per heavy atom. The van der Waals surface area contributed by atoms with Crippen molar-refractivity contribution < 1.29 is 8.95 Å². The van der Waals surface area contributed by atoms with Crippen molar-refractivity contribution in [3.8, 4) is 5.75 Å². The van der Waals surface area contributed by atoms with Crippen LogP contribution in [0.2, 0.25) is 0 Å². The molecule has 0 aliphatic rings. The Morgan fingerprint density at radius 2 is 2.20 bits per heavy atom. The number of methoxy groups -OCH3 is 1. The average Bonchev–Trinajstić information content (AvgIpc) is 2.18. The van der Waals surface area contributed by atoms with Crippen molar-refractivity contribution in [3.63, 3.8) is 0 Å². The Labute approximate surface area is 93.1 Å². The molecule has 1 aromatic rings. The molecule has 0 heterocycles. The number of benzene rings is 1. The van der Waals surface area contributed by atoms with Crippen LogP contribution in [-0.2, 0) is 16.6 Å². The maximum absolute atomic E-state index is 11.5. The number of anilines is 1. The molecule has 0 saturated heterocycles. The molecule has 0 fully saturated rings. The van der Waals surface area contributed by atoms with Crippen LogP contribution in [0.3, 0.4) is 0 Å². The van der Waals surface area contributed by atoms with Crippen LogP contribution in [-0.4, -0.2) is 17.1 Å². The Morgan fingerprint density at radius 1 is 1.47 bits per heavy atom. The van der Waals surface area contributed by atoms with E-state index in [-0.39, 0.29) is 0 Å². The van der Waals surface area contributed by atoms with E-state index in [0.717, 1.165) is 17.7 Å². The summed E-state index contributed by atoms with van der Waals surface area (Å²) in [7, 11) is 0.800. The van der Waals surface area contributed by atoms with Gasteiger partial charge < -0.3 is 10.5 Å². The minimum absolute atomic E-state index is 0.571. The smallest absolute Gasteiger partial charge is 0.141 e. The first-order chi connectivity index (χ1) is 7.17. The lowest BCUT2D eigenvalue weighted by Crippen LogP contribution is -2.01. The first-order valence-electron chi connectivity index (χ1n) is 4.94. The van der Waals surface area contributed by atoms with Crippen molar-refractivity contribution in [2.24, 2.45) is 0 Å². The fraction of sp³-hybridized carbons (Fsp3) is 0.455. The highest BCUT2D eigenvalue weighted by Crippen LogP contribution is 2.22. The summed E-state index contributed by atoms with van der Waals surface area (Å²) in [5.74, 6) is 1.98. The van der Waals surface area contributed by atoms with Crippen molar-refractivity contribution in [1.29, 1.82) is 0 Å². The lowest BCUT2D eigenvalue weighted by Gasteiger charge is -2.06. The van der Waals surface area contributed by atoms with Gasteiger partial charge in [-0.1, -0.05) is 13.0 Å². The molecule has 0 aliphatic carbocycles. The lowest BCUT2D eigenvalue weighted by molar-refractivity contribution is 0.417. The summed E-state index contributed by atoms with van der Waals surface area (Å²) in [5.41, 5.74) is 7.36. The molecule has 0 bridgehead atoms. The molecular weight excluding hydrogens is 210 g/mol. The number of hydrogen-bond acceptors (Lipinski definition) is 3. The molecule has 1 atom stereocenters. The van der Waals surface area contributed by atoms with E-state index in [1.54, 1.807) is 7.11 Å². The van der Waals surface area contributed by atoms with Crippen molar-refractivity contribution >= 4 is 16.5 Å². The summed E-state index contributed by atoms with van der Waals surface area (Å²) in [4.78, 5) is 0. The minimum atomic E-state index is -0.784. The van der Waals surface area contributed by atoms with E-state index in [9.17, 15) is 4.21 Å². The van der Waals surface area contributed by atoms with Gasteiger partial charge in [-0.2, -0.15) is 0 Å². The van der Waals surface area contributed by atoms with E-state index in [1.807, 2.05) is 25.1 Å². The molecule has 0 saturated carbocycles. The Hall–Kier alpha value is -1.03. The van der Waals surface area contributed by atoms with Crippen molar-refractivity contribution in [2.75, 3.05) is 18.6 Å². The van der Waals surface area contributed by atoms with Crippen LogP contribution in [0.25, 0.3) is 0 Å². The van der Waals surface area contributed by atoms with Crippen LogP contribution in [0, 0.1) is 0 Å². The van der Waals surface area contributed by atoms with Gasteiger partial charge in [0, 0.05) is 22.3 Å². The van der Waals surface area contributed by atoms with E-state index in [2.05, 4.69) is 0 Å². The Bertz CT molecular complexity index is 352. The molecule has 84 valence electrons. The topological polar surface area (TPSA) is 52.3 Å². The van der Waals surface area contributed by atoms with Gasteiger partial charge in [-0.3, -0.25) is 4.21 Å². The van der Waals surface area contributed by atoms with Gasteiger partial charge in [0.1, 0.15) is 5.75 Å². The molecule has 0 aromatic heterocycles. The van der Waals surface area contributed by atoms with Crippen LogP contribution in [0.4, 0.5) is 5.69 Å². The van der Waals surface area contributed by atoms with Crippen LogP contribution in [0.15, 0.2) is 18.2 Å². The van der Waals surface area contributed by atoms with Crippen LogP contribution >= 0.6 is 0 Å². The summed E-state index contributed by atoms with van der Waals surface area (Å²) in [6.45, 7) is 2.03. The molecule has 1 aromatic carbocycles. The molecule has 1 unspecified atom stereocenters. The predicted molar refractivity (Wildman–Crippen MR) is 64.4 cm³/mol. The van der Waals surface area contributed by atoms with E-state index >= 15 is 0 Å². The molecular formula is C11H17NO2S. The predicted octanol–water partition coefficient (Wildman–Crippen LogP) is 1.94. The van der Waals surface area contributed by atoms with Gasteiger partial charge in [0.25, 0.3) is 0 Å². The van der Waals surface area contributed by atoms with Crippen LogP contribution in [0.5, 0.6) is 5.75 Å². The third kappa shape index (κ3) is 3.55. The first-order valence-corrected chi connectivity index (χ1v) is 6.43. The van der Waals surface area contributed by atoms with Gasteiger partial charge in [0.15, 0.2) is 0 Å². The third-order valence-corrected chi connectivity index (χ3v) is 3.57. The molecule has 2 N–H and O–H groups in total. The second kappa shape index (κ2) is 5.75. The highest BCUT2D eigenvalue weighted by Gasteiger charge is 2.04. The summed E-state index contributed by atoms with van der Waals surface area (Å²) in [5, 5.41) is 0. The zero-order valence-corrected chi connectivity index (χ0v) is 9.97. The largest absolute Gasteiger partial charge is 0.495 e. The Kier molecular flexibility index (Phi) is 4.62. The maximum atomic E-state index is 11.5. The first kappa shape index (κ1) is 12.0. The maximum Gasteiger partial charge on any atom is 0.141 e. The monoisotopic (exact) mass is 227 g/mol. The summed E-state index contributed by atoms with van der Waals surface area (Å²) >= 11 is 0. The SMILES string of the molecule is CCCS(=O)Cc1ccc(OC)c(N)c1. The normalized spacial score (nSPS) is 12.4. The molecule has 0 spiro atoms. The number of nitrogen functional groups attached to an aromatic ring is 1. The van der Waals surface area contributed by atoms with E-state index < -0.39 is 10.8 Å². The molecule has 15 heavy (non-hydrogen) atoms. The van der Waals surface area contributed by atoms with Crippen molar-refractivity contribution in [2.45, 2.75) is 19.1 Å². The van der Waals surface area contributed by atoms with Gasteiger partial charge in [0.05, 0.1) is 12.8 Å². The zero-order chi connectivity index (χ0) is 11.3. The molecule has 0 radical (unpaired) electrons. The molecule has 0 amide bonds. The van der Waals surface area contributed by atoms with Gasteiger partial charge in [-0.25, -0.2) is 0 Å². The minimum Gasteiger partial charge on any atom is -0.495 e. The van der Waals surface area contributed by atoms with E-state index in [1.165, 1.54) is 0 Å². The highest BCUT2D eigenvalue weighted by molar-refractivity contribution is 7.84. The number of nitrogens with two attached hydrogens (primary N) is 1. The second-order valence-corrected chi connectivity index (χ2v) is 4.94. The number of rotatable bonds is 5. The standard InChI is InChI=1S/C11H17NO2S/c1-3-6-15(13)8-9-4-5-11(14-2)10(12)7-9/h4-5,7H,3,6,8,12H2,1-2H3. The summed E-state index contributed by atoms with van der Waals surface area (Å²) in [6.07, 6.45) is 0.943. The fourth-order valence-electron chi connectivity index (χ4n) is 1.36. The Balaban J connectivity index is 2.71. The van der Waals surface area contributed by atoms with Crippen molar-refractivity contribution in [3.05, 3.63) is 23.8 Å².